The smallest absolute Gasteiger partial charge is 0.338 e. The summed E-state index contributed by atoms with van der Waals surface area (Å²) < 4.78 is 31.5. The lowest BCUT2D eigenvalue weighted by Crippen LogP contribution is -2.40. The summed E-state index contributed by atoms with van der Waals surface area (Å²) in [6.07, 6.45) is 4.05. The molecule has 7 nitrogen and oxygen atoms in total. The van der Waals surface area contributed by atoms with Gasteiger partial charge in [0.1, 0.15) is 0 Å². The van der Waals surface area contributed by atoms with Gasteiger partial charge in [-0.2, -0.15) is 0 Å². The molecule has 1 amide bonds. The average Bonchev–Trinajstić information content (AvgIpc) is 3.06. The molecule has 0 spiro atoms. The van der Waals surface area contributed by atoms with Crippen molar-refractivity contribution in [2.45, 2.75) is 43.5 Å². The third kappa shape index (κ3) is 5.04. The average molecular weight is 354 g/mol. The molecule has 2 rings (SSSR count). The van der Waals surface area contributed by atoms with Gasteiger partial charge in [0.25, 0.3) is 0 Å². The van der Waals surface area contributed by atoms with Gasteiger partial charge in [0.15, 0.2) is 0 Å². The molecule has 24 heavy (non-hydrogen) atoms. The number of amides is 1. The van der Waals surface area contributed by atoms with E-state index in [9.17, 15) is 18.0 Å². The van der Waals surface area contributed by atoms with Crippen LogP contribution >= 0.6 is 0 Å². The fourth-order valence-corrected chi connectivity index (χ4v) is 3.56. The van der Waals surface area contributed by atoms with Crippen LogP contribution in [0.25, 0.3) is 0 Å². The minimum absolute atomic E-state index is 0.00999. The molecule has 2 N–H and O–H groups in total. The maximum atomic E-state index is 12.2. The monoisotopic (exact) mass is 354 g/mol. The second kappa shape index (κ2) is 8.25. The van der Waals surface area contributed by atoms with Crippen molar-refractivity contribution in [1.82, 2.24) is 10.0 Å². The van der Waals surface area contributed by atoms with Crippen LogP contribution in [0, 0.1) is 0 Å². The lowest BCUT2D eigenvalue weighted by Gasteiger charge is -2.12. The third-order valence-corrected chi connectivity index (χ3v) is 5.24. The van der Waals surface area contributed by atoms with Crippen LogP contribution in [0.2, 0.25) is 0 Å². The quantitative estimate of drug-likeness (QED) is 0.717. The van der Waals surface area contributed by atoms with Crippen molar-refractivity contribution in [2.75, 3.05) is 13.2 Å². The van der Waals surface area contributed by atoms with Gasteiger partial charge in [-0.3, -0.25) is 4.79 Å². The number of ether oxygens (including phenoxy) is 1. The molecule has 1 aliphatic rings. The predicted octanol–water partition coefficient (Wildman–Crippen LogP) is 1.20. The van der Waals surface area contributed by atoms with Crippen molar-refractivity contribution >= 4 is 21.9 Å². The molecule has 1 aromatic carbocycles. The van der Waals surface area contributed by atoms with E-state index in [1.807, 2.05) is 0 Å². The van der Waals surface area contributed by atoms with Crippen molar-refractivity contribution in [1.29, 1.82) is 0 Å². The topological polar surface area (TPSA) is 102 Å². The van der Waals surface area contributed by atoms with Crippen LogP contribution in [0.5, 0.6) is 0 Å². The van der Waals surface area contributed by atoms with Gasteiger partial charge in [0, 0.05) is 6.04 Å². The van der Waals surface area contributed by atoms with Crippen LogP contribution in [0.1, 0.15) is 43.0 Å². The highest BCUT2D eigenvalue weighted by atomic mass is 32.2. The van der Waals surface area contributed by atoms with Gasteiger partial charge in [-0.05, 0) is 44.0 Å². The third-order valence-electron chi connectivity index (χ3n) is 3.82. The normalized spacial score (nSPS) is 15.2. The number of hydrogen-bond acceptors (Lipinski definition) is 5. The Bertz CT molecular complexity index is 679. The van der Waals surface area contributed by atoms with Crippen LogP contribution in [-0.2, 0) is 19.6 Å². The Hall–Kier alpha value is -1.93. The fourth-order valence-electron chi connectivity index (χ4n) is 2.58. The van der Waals surface area contributed by atoms with Gasteiger partial charge in [0.2, 0.25) is 15.9 Å². The van der Waals surface area contributed by atoms with E-state index in [1.54, 1.807) is 6.92 Å². The minimum Gasteiger partial charge on any atom is -0.462 e. The van der Waals surface area contributed by atoms with Crippen molar-refractivity contribution in [3.63, 3.8) is 0 Å². The summed E-state index contributed by atoms with van der Waals surface area (Å²) in [4.78, 5) is 23.3. The Morgan fingerprint density at radius 3 is 2.38 bits per heavy atom. The standard InChI is InChI=1S/C16H22N2O5S/c1-2-23-16(20)12-7-9-14(10-8-12)24(21,22)17-11-15(19)18-13-5-3-4-6-13/h7-10,13,17H,2-6,11H2,1H3,(H,18,19). The molecule has 1 fully saturated rings. The van der Waals surface area contributed by atoms with Gasteiger partial charge in [-0.25, -0.2) is 17.9 Å². The number of sulfonamides is 1. The first kappa shape index (κ1) is 18.4. The first-order valence-corrected chi connectivity index (χ1v) is 9.47. The van der Waals surface area contributed by atoms with Crippen molar-refractivity contribution < 1.29 is 22.7 Å². The van der Waals surface area contributed by atoms with Gasteiger partial charge in [0.05, 0.1) is 23.6 Å². The van der Waals surface area contributed by atoms with Crippen LogP contribution in [-0.4, -0.2) is 39.5 Å². The number of hydrogen-bond donors (Lipinski definition) is 2. The largest absolute Gasteiger partial charge is 0.462 e. The Kier molecular flexibility index (Phi) is 6.33. The molecule has 0 heterocycles. The van der Waals surface area contributed by atoms with E-state index in [2.05, 4.69) is 10.0 Å². The molecule has 1 saturated carbocycles. The maximum Gasteiger partial charge on any atom is 0.338 e. The zero-order valence-electron chi connectivity index (χ0n) is 13.6. The number of carbonyl (C=O) groups excluding carboxylic acids is 2. The number of esters is 1. The van der Waals surface area contributed by atoms with Crippen LogP contribution in [0.15, 0.2) is 29.2 Å². The van der Waals surface area contributed by atoms with E-state index >= 15 is 0 Å². The zero-order valence-corrected chi connectivity index (χ0v) is 14.4. The molecule has 0 aliphatic heterocycles. The molecule has 0 aromatic heterocycles. The summed E-state index contributed by atoms with van der Waals surface area (Å²) in [5.74, 6) is -0.848. The molecule has 132 valence electrons. The van der Waals surface area contributed by atoms with Crippen molar-refractivity contribution in [3.8, 4) is 0 Å². The molecule has 0 bridgehead atoms. The summed E-state index contributed by atoms with van der Waals surface area (Å²) in [7, 11) is -3.81. The summed E-state index contributed by atoms with van der Waals surface area (Å²) >= 11 is 0. The molecule has 0 atom stereocenters. The van der Waals surface area contributed by atoms with Gasteiger partial charge < -0.3 is 10.1 Å². The first-order chi connectivity index (χ1) is 11.4. The van der Waals surface area contributed by atoms with E-state index in [1.165, 1.54) is 24.3 Å². The summed E-state index contributed by atoms with van der Waals surface area (Å²) in [5, 5.41) is 2.81. The van der Waals surface area contributed by atoms with E-state index in [0.717, 1.165) is 25.7 Å². The summed E-state index contributed by atoms with van der Waals surface area (Å²) in [6.45, 7) is 1.63. The van der Waals surface area contributed by atoms with Crippen LogP contribution in [0.3, 0.4) is 0 Å². The summed E-state index contributed by atoms with van der Waals surface area (Å²) in [5.41, 5.74) is 0.273. The lowest BCUT2D eigenvalue weighted by molar-refractivity contribution is -0.120. The molecular formula is C16H22N2O5S. The Morgan fingerprint density at radius 2 is 1.79 bits per heavy atom. The van der Waals surface area contributed by atoms with Crippen LogP contribution < -0.4 is 10.0 Å². The highest BCUT2D eigenvalue weighted by Crippen LogP contribution is 2.17. The van der Waals surface area contributed by atoms with E-state index in [0.29, 0.717) is 0 Å². The SMILES string of the molecule is CCOC(=O)c1ccc(S(=O)(=O)NCC(=O)NC2CCCC2)cc1. The lowest BCUT2D eigenvalue weighted by atomic mass is 10.2. The van der Waals surface area contributed by atoms with Crippen molar-refractivity contribution in [3.05, 3.63) is 29.8 Å². The molecule has 0 unspecified atom stereocenters. The minimum atomic E-state index is -3.81. The Labute approximate surface area is 141 Å². The molecule has 1 aliphatic carbocycles. The Morgan fingerprint density at radius 1 is 1.17 bits per heavy atom. The summed E-state index contributed by atoms with van der Waals surface area (Å²) in [6, 6.07) is 5.52. The number of rotatable bonds is 7. The molecule has 0 saturated heterocycles. The predicted molar refractivity (Wildman–Crippen MR) is 88.0 cm³/mol. The molecule has 1 aromatic rings. The fraction of sp³-hybridized carbons (Fsp3) is 0.500. The second-order valence-electron chi connectivity index (χ2n) is 5.62. The first-order valence-electron chi connectivity index (χ1n) is 7.98. The number of nitrogens with one attached hydrogen (secondary N) is 2. The van der Waals surface area contributed by atoms with E-state index in [4.69, 9.17) is 4.74 Å². The van der Waals surface area contributed by atoms with E-state index < -0.39 is 16.0 Å². The molecular weight excluding hydrogens is 332 g/mol. The van der Waals surface area contributed by atoms with Crippen molar-refractivity contribution in [2.24, 2.45) is 0 Å². The number of carbonyl (C=O) groups is 2. The van der Waals surface area contributed by atoms with E-state index in [-0.39, 0.29) is 35.6 Å². The highest BCUT2D eigenvalue weighted by Gasteiger charge is 2.20. The highest BCUT2D eigenvalue weighted by molar-refractivity contribution is 7.89. The van der Waals surface area contributed by atoms with Gasteiger partial charge >= 0.3 is 5.97 Å². The van der Waals surface area contributed by atoms with Crippen LogP contribution in [0.4, 0.5) is 0 Å². The Balaban J connectivity index is 1.91. The van der Waals surface area contributed by atoms with Gasteiger partial charge in [-0.1, -0.05) is 12.8 Å². The van der Waals surface area contributed by atoms with Gasteiger partial charge in [-0.15, -0.1) is 0 Å². The molecule has 0 radical (unpaired) electrons. The molecule has 8 heteroatoms. The maximum absolute atomic E-state index is 12.2. The number of benzene rings is 1. The second-order valence-corrected chi connectivity index (χ2v) is 7.39. The zero-order chi connectivity index (χ0) is 17.6.